The zero-order valence-electron chi connectivity index (χ0n) is 13.6. The van der Waals surface area contributed by atoms with Crippen molar-refractivity contribution in [2.24, 2.45) is 0 Å². The molecule has 3 aromatic carbocycles. The molecule has 0 fully saturated rings. The largest absolute Gasteiger partial charge is 0.490 e. The Morgan fingerprint density at radius 3 is 2.50 bits per heavy atom. The van der Waals surface area contributed by atoms with Gasteiger partial charge in [-0.3, -0.25) is 0 Å². The van der Waals surface area contributed by atoms with Crippen LogP contribution >= 0.6 is 15.9 Å². The van der Waals surface area contributed by atoms with Gasteiger partial charge in [0, 0.05) is 16.6 Å². The summed E-state index contributed by atoms with van der Waals surface area (Å²) in [6.45, 7) is 1.78. The highest BCUT2D eigenvalue weighted by Gasteiger charge is 2.04. The Morgan fingerprint density at radius 1 is 0.875 bits per heavy atom. The molecule has 0 aliphatic carbocycles. The van der Waals surface area contributed by atoms with Crippen LogP contribution in [0.1, 0.15) is 5.56 Å². The van der Waals surface area contributed by atoms with E-state index in [4.69, 9.17) is 9.47 Å². The molecule has 0 aliphatic heterocycles. The predicted octanol–water partition coefficient (Wildman–Crippen LogP) is 4.78. The fourth-order valence-corrected chi connectivity index (χ4v) is 2.99. The number of hydrogen-bond acceptors (Lipinski definition) is 3. The lowest BCUT2D eigenvalue weighted by atomic mass is 10.1. The van der Waals surface area contributed by atoms with Crippen molar-refractivity contribution < 1.29 is 9.47 Å². The van der Waals surface area contributed by atoms with Crippen LogP contribution in [-0.2, 0) is 6.54 Å². The molecule has 0 saturated carbocycles. The molecule has 0 bridgehead atoms. The van der Waals surface area contributed by atoms with Gasteiger partial charge in [-0.05, 0) is 48.2 Å². The number of rotatable bonds is 7. The van der Waals surface area contributed by atoms with E-state index in [9.17, 15) is 0 Å². The minimum atomic E-state index is 0.505. The zero-order valence-corrected chi connectivity index (χ0v) is 15.2. The second-order valence-corrected chi connectivity index (χ2v) is 6.40. The van der Waals surface area contributed by atoms with Crippen LogP contribution in [0.5, 0.6) is 11.5 Å². The minimum Gasteiger partial charge on any atom is -0.490 e. The first-order valence-electron chi connectivity index (χ1n) is 7.94. The summed E-state index contributed by atoms with van der Waals surface area (Å²) in [5.41, 5.74) is 1.12. The van der Waals surface area contributed by atoms with Gasteiger partial charge in [0.2, 0.25) is 0 Å². The fraction of sp³-hybridized carbons (Fsp3) is 0.200. The molecule has 3 aromatic rings. The second kappa shape index (κ2) is 8.18. The Hall–Kier alpha value is -2.04. The first-order chi connectivity index (χ1) is 11.8. The van der Waals surface area contributed by atoms with Gasteiger partial charge in [0.05, 0.1) is 0 Å². The van der Waals surface area contributed by atoms with Gasteiger partial charge in [-0.1, -0.05) is 46.3 Å². The molecule has 0 spiro atoms. The van der Waals surface area contributed by atoms with Crippen LogP contribution in [0, 0.1) is 0 Å². The van der Waals surface area contributed by atoms with Crippen LogP contribution in [-0.4, -0.2) is 20.3 Å². The maximum absolute atomic E-state index is 5.87. The Labute approximate surface area is 150 Å². The predicted molar refractivity (Wildman–Crippen MR) is 102 cm³/mol. The van der Waals surface area contributed by atoms with Gasteiger partial charge in [0.1, 0.15) is 24.7 Å². The lowest BCUT2D eigenvalue weighted by molar-refractivity contribution is 0.216. The van der Waals surface area contributed by atoms with Gasteiger partial charge in [0.25, 0.3) is 0 Å². The van der Waals surface area contributed by atoms with E-state index < -0.39 is 0 Å². The molecule has 0 amide bonds. The van der Waals surface area contributed by atoms with Crippen molar-refractivity contribution in [1.29, 1.82) is 0 Å². The van der Waals surface area contributed by atoms with Crippen molar-refractivity contribution in [3.8, 4) is 11.5 Å². The van der Waals surface area contributed by atoms with E-state index in [2.05, 4.69) is 51.6 Å². The van der Waals surface area contributed by atoms with Gasteiger partial charge in [0.15, 0.2) is 0 Å². The molecule has 3 nitrogen and oxygen atoms in total. The Balaban J connectivity index is 1.56. The van der Waals surface area contributed by atoms with E-state index in [1.54, 1.807) is 0 Å². The number of halogens is 1. The van der Waals surface area contributed by atoms with Gasteiger partial charge >= 0.3 is 0 Å². The van der Waals surface area contributed by atoms with E-state index in [-0.39, 0.29) is 0 Å². The SMILES string of the molecule is CNCc1cc(Br)ccc1OCCOc1ccc2ccccc2c1. The van der Waals surface area contributed by atoms with Gasteiger partial charge < -0.3 is 14.8 Å². The highest BCUT2D eigenvalue weighted by molar-refractivity contribution is 9.10. The number of hydrogen-bond donors (Lipinski definition) is 1. The Kier molecular flexibility index (Phi) is 5.72. The maximum Gasteiger partial charge on any atom is 0.124 e. The summed E-state index contributed by atoms with van der Waals surface area (Å²) in [6, 6.07) is 20.4. The van der Waals surface area contributed by atoms with Crippen molar-refractivity contribution in [3.05, 3.63) is 70.7 Å². The van der Waals surface area contributed by atoms with Crippen molar-refractivity contribution in [1.82, 2.24) is 5.32 Å². The summed E-state index contributed by atoms with van der Waals surface area (Å²) < 4.78 is 12.7. The molecule has 0 atom stereocenters. The number of ether oxygens (including phenoxy) is 2. The summed E-state index contributed by atoms with van der Waals surface area (Å²) in [7, 11) is 1.92. The molecule has 4 heteroatoms. The lowest BCUT2D eigenvalue weighted by Crippen LogP contribution is -2.12. The van der Waals surface area contributed by atoms with Crippen molar-refractivity contribution in [2.75, 3.05) is 20.3 Å². The highest BCUT2D eigenvalue weighted by atomic mass is 79.9. The number of nitrogens with one attached hydrogen (secondary N) is 1. The quantitative estimate of drug-likeness (QED) is 0.593. The maximum atomic E-state index is 5.87. The van der Waals surface area contributed by atoms with Crippen LogP contribution in [0.15, 0.2) is 65.1 Å². The second-order valence-electron chi connectivity index (χ2n) is 5.49. The topological polar surface area (TPSA) is 30.5 Å². The van der Waals surface area contributed by atoms with Crippen molar-refractivity contribution in [3.63, 3.8) is 0 Å². The number of benzene rings is 3. The summed E-state index contributed by atoms with van der Waals surface area (Å²) >= 11 is 3.49. The molecule has 124 valence electrons. The standard InChI is InChI=1S/C20H20BrNO2/c1-22-14-17-12-18(21)7-9-20(17)24-11-10-23-19-8-6-15-4-2-3-5-16(15)13-19/h2-9,12-13,22H,10-11,14H2,1H3. The molecule has 0 aromatic heterocycles. The van der Waals surface area contributed by atoms with Gasteiger partial charge in [-0.2, -0.15) is 0 Å². The lowest BCUT2D eigenvalue weighted by Gasteiger charge is -2.13. The summed E-state index contributed by atoms with van der Waals surface area (Å²) in [6.07, 6.45) is 0. The highest BCUT2D eigenvalue weighted by Crippen LogP contribution is 2.24. The van der Waals surface area contributed by atoms with Gasteiger partial charge in [-0.25, -0.2) is 0 Å². The third-order valence-electron chi connectivity index (χ3n) is 3.72. The van der Waals surface area contributed by atoms with E-state index in [1.807, 2.05) is 37.4 Å². The third kappa shape index (κ3) is 4.28. The molecule has 0 heterocycles. The van der Waals surface area contributed by atoms with Crippen LogP contribution < -0.4 is 14.8 Å². The van der Waals surface area contributed by atoms with E-state index in [1.165, 1.54) is 10.8 Å². The van der Waals surface area contributed by atoms with Crippen LogP contribution in [0.3, 0.4) is 0 Å². The Bertz CT molecular complexity index is 820. The van der Waals surface area contributed by atoms with Crippen molar-refractivity contribution in [2.45, 2.75) is 6.54 Å². The van der Waals surface area contributed by atoms with Crippen molar-refractivity contribution >= 4 is 26.7 Å². The molecule has 3 rings (SSSR count). The van der Waals surface area contributed by atoms with Crippen LogP contribution in [0.25, 0.3) is 10.8 Å². The number of fused-ring (bicyclic) bond motifs is 1. The van der Waals surface area contributed by atoms with E-state index >= 15 is 0 Å². The average Bonchev–Trinajstić information content (AvgIpc) is 2.60. The molecule has 0 unspecified atom stereocenters. The van der Waals surface area contributed by atoms with Crippen LogP contribution in [0.4, 0.5) is 0 Å². The first kappa shape index (κ1) is 16.8. The van der Waals surface area contributed by atoms with Crippen LogP contribution in [0.2, 0.25) is 0 Å². The van der Waals surface area contributed by atoms with Gasteiger partial charge in [-0.15, -0.1) is 0 Å². The average molecular weight is 386 g/mol. The summed E-state index contributed by atoms with van der Waals surface area (Å²) in [4.78, 5) is 0. The minimum absolute atomic E-state index is 0.505. The monoisotopic (exact) mass is 385 g/mol. The van der Waals surface area contributed by atoms with E-state index in [0.717, 1.165) is 28.1 Å². The summed E-state index contributed by atoms with van der Waals surface area (Å²) in [5, 5.41) is 5.55. The molecule has 24 heavy (non-hydrogen) atoms. The molecule has 1 N–H and O–H groups in total. The Morgan fingerprint density at radius 2 is 1.67 bits per heavy atom. The molecule has 0 saturated heterocycles. The smallest absolute Gasteiger partial charge is 0.124 e. The molecular weight excluding hydrogens is 366 g/mol. The first-order valence-corrected chi connectivity index (χ1v) is 8.73. The molecular formula is C20H20BrNO2. The fourth-order valence-electron chi connectivity index (χ4n) is 2.59. The normalized spacial score (nSPS) is 10.8. The van der Waals surface area contributed by atoms with E-state index in [0.29, 0.717) is 13.2 Å². The molecule has 0 radical (unpaired) electrons. The molecule has 0 aliphatic rings. The zero-order chi connectivity index (χ0) is 16.8. The third-order valence-corrected chi connectivity index (χ3v) is 4.21. The summed E-state index contributed by atoms with van der Waals surface area (Å²) in [5.74, 6) is 1.75.